The Bertz CT molecular complexity index is 535. The van der Waals surface area contributed by atoms with E-state index in [-0.39, 0.29) is 5.78 Å². The zero-order chi connectivity index (χ0) is 16.8. The van der Waals surface area contributed by atoms with Crippen molar-refractivity contribution in [3.63, 3.8) is 0 Å². The summed E-state index contributed by atoms with van der Waals surface area (Å²) in [6.45, 7) is 7.64. The summed E-state index contributed by atoms with van der Waals surface area (Å²) in [6.07, 6.45) is 1.94. The Balaban J connectivity index is 2.39. The SMILES string of the molecule is COc1cc(C)c(C(=O)CCCNC(=O)OC(C)(C)C)cn1. The molecule has 0 aliphatic carbocycles. The number of Topliss-reactive ketones (excluding diaryl/α,β-unsaturated/α-hetero) is 1. The van der Waals surface area contributed by atoms with E-state index in [4.69, 9.17) is 9.47 Å². The largest absolute Gasteiger partial charge is 0.481 e. The highest BCUT2D eigenvalue weighted by Crippen LogP contribution is 2.15. The zero-order valence-electron chi connectivity index (χ0n) is 13.9. The van der Waals surface area contributed by atoms with Crippen LogP contribution in [0.15, 0.2) is 12.3 Å². The molecule has 22 heavy (non-hydrogen) atoms. The predicted octanol–water partition coefficient (Wildman–Crippen LogP) is 2.89. The van der Waals surface area contributed by atoms with Gasteiger partial charge in [-0.25, -0.2) is 9.78 Å². The first-order chi connectivity index (χ1) is 10.2. The van der Waals surface area contributed by atoms with E-state index in [1.165, 1.54) is 13.3 Å². The number of hydrogen-bond donors (Lipinski definition) is 1. The van der Waals surface area contributed by atoms with E-state index in [0.717, 1.165) is 5.56 Å². The number of methoxy groups -OCH3 is 1. The summed E-state index contributed by atoms with van der Waals surface area (Å²) in [4.78, 5) is 27.6. The van der Waals surface area contributed by atoms with Crippen LogP contribution in [0.2, 0.25) is 0 Å². The van der Waals surface area contributed by atoms with Crippen molar-refractivity contribution in [1.29, 1.82) is 0 Å². The van der Waals surface area contributed by atoms with Crippen molar-refractivity contribution >= 4 is 11.9 Å². The number of pyridine rings is 1. The van der Waals surface area contributed by atoms with E-state index < -0.39 is 11.7 Å². The van der Waals surface area contributed by atoms with Crippen LogP contribution >= 0.6 is 0 Å². The lowest BCUT2D eigenvalue weighted by Gasteiger charge is -2.19. The first-order valence-electron chi connectivity index (χ1n) is 7.23. The molecule has 1 N–H and O–H groups in total. The van der Waals surface area contributed by atoms with E-state index >= 15 is 0 Å². The summed E-state index contributed by atoms with van der Waals surface area (Å²) in [6, 6.07) is 1.73. The number of nitrogens with zero attached hydrogens (tertiary/aromatic N) is 1. The van der Waals surface area contributed by atoms with E-state index in [2.05, 4.69) is 10.3 Å². The normalized spacial score (nSPS) is 11.0. The fourth-order valence-electron chi connectivity index (χ4n) is 1.82. The summed E-state index contributed by atoms with van der Waals surface area (Å²) in [5.41, 5.74) is 0.890. The molecule has 0 bridgehead atoms. The number of carbonyl (C=O) groups excluding carboxylic acids is 2. The smallest absolute Gasteiger partial charge is 0.407 e. The number of aromatic nitrogens is 1. The molecule has 1 heterocycles. The Morgan fingerprint density at radius 1 is 1.32 bits per heavy atom. The van der Waals surface area contributed by atoms with E-state index in [0.29, 0.717) is 30.8 Å². The van der Waals surface area contributed by atoms with Gasteiger partial charge in [0.2, 0.25) is 5.88 Å². The molecule has 1 amide bonds. The van der Waals surface area contributed by atoms with Gasteiger partial charge in [0.1, 0.15) is 5.60 Å². The van der Waals surface area contributed by atoms with Crippen LogP contribution in [-0.4, -0.2) is 36.1 Å². The first-order valence-corrected chi connectivity index (χ1v) is 7.23. The van der Waals surface area contributed by atoms with Gasteiger partial charge in [-0.05, 0) is 39.7 Å². The Hall–Kier alpha value is -2.11. The minimum Gasteiger partial charge on any atom is -0.481 e. The second-order valence-electron chi connectivity index (χ2n) is 6.00. The molecule has 0 saturated carbocycles. The van der Waals surface area contributed by atoms with Gasteiger partial charge in [-0.2, -0.15) is 0 Å². The standard InChI is InChI=1S/C16H24N2O4/c1-11-9-14(21-5)18-10-12(11)13(19)7-6-8-17-15(20)22-16(2,3)4/h9-10H,6-8H2,1-5H3,(H,17,20). The molecule has 0 spiro atoms. The van der Waals surface area contributed by atoms with Gasteiger partial charge in [-0.1, -0.05) is 0 Å². The molecule has 122 valence electrons. The van der Waals surface area contributed by atoms with E-state index in [1.54, 1.807) is 26.8 Å². The monoisotopic (exact) mass is 308 g/mol. The van der Waals surface area contributed by atoms with Gasteiger partial charge >= 0.3 is 6.09 Å². The number of ketones is 1. The molecule has 0 atom stereocenters. The summed E-state index contributed by atoms with van der Waals surface area (Å²) in [5, 5.41) is 2.63. The number of hydrogen-bond acceptors (Lipinski definition) is 5. The van der Waals surface area contributed by atoms with Crippen molar-refractivity contribution in [2.45, 2.75) is 46.1 Å². The molecule has 0 fully saturated rings. The second kappa shape index (κ2) is 7.77. The quantitative estimate of drug-likeness (QED) is 0.646. The van der Waals surface area contributed by atoms with Crippen LogP contribution < -0.4 is 10.1 Å². The maximum absolute atomic E-state index is 12.1. The van der Waals surface area contributed by atoms with Crippen molar-refractivity contribution in [2.24, 2.45) is 0 Å². The lowest BCUT2D eigenvalue weighted by Crippen LogP contribution is -2.33. The van der Waals surface area contributed by atoms with Crippen molar-refractivity contribution < 1.29 is 19.1 Å². The number of aryl methyl sites for hydroxylation is 1. The minimum absolute atomic E-state index is 0.00126. The molecule has 6 heteroatoms. The molecule has 0 saturated heterocycles. The molecule has 0 aliphatic rings. The lowest BCUT2D eigenvalue weighted by molar-refractivity contribution is 0.0525. The second-order valence-corrected chi connectivity index (χ2v) is 6.00. The molecular formula is C16H24N2O4. The average molecular weight is 308 g/mol. The number of amides is 1. The maximum atomic E-state index is 12.1. The maximum Gasteiger partial charge on any atom is 0.407 e. The van der Waals surface area contributed by atoms with Gasteiger partial charge in [0.05, 0.1) is 7.11 Å². The lowest BCUT2D eigenvalue weighted by atomic mass is 10.0. The first kappa shape index (κ1) is 17.9. The Morgan fingerprint density at radius 2 is 2.00 bits per heavy atom. The molecular weight excluding hydrogens is 284 g/mol. The van der Waals surface area contributed by atoms with Crippen LogP contribution in [0.5, 0.6) is 5.88 Å². The third-order valence-electron chi connectivity index (χ3n) is 2.84. The van der Waals surface area contributed by atoms with Gasteiger partial charge < -0.3 is 14.8 Å². The topological polar surface area (TPSA) is 77.5 Å². The Labute approximate surface area is 131 Å². The van der Waals surface area contributed by atoms with Gasteiger partial charge in [0.25, 0.3) is 0 Å². The molecule has 6 nitrogen and oxygen atoms in total. The number of nitrogens with one attached hydrogen (secondary N) is 1. The third kappa shape index (κ3) is 6.11. The van der Waals surface area contributed by atoms with Gasteiger partial charge in [-0.15, -0.1) is 0 Å². The number of rotatable bonds is 6. The average Bonchev–Trinajstić information content (AvgIpc) is 2.41. The highest BCUT2D eigenvalue weighted by atomic mass is 16.6. The Morgan fingerprint density at radius 3 is 2.55 bits per heavy atom. The van der Waals surface area contributed by atoms with Crippen LogP contribution in [0.25, 0.3) is 0 Å². The van der Waals surface area contributed by atoms with Gasteiger partial charge in [0.15, 0.2) is 5.78 Å². The van der Waals surface area contributed by atoms with Crippen molar-refractivity contribution in [1.82, 2.24) is 10.3 Å². The molecule has 0 aromatic carbocycles. The van der Waals surface area contributed by atoms with Crippen molar-refractivity contribution in [3.8, 4) is 5.88 Å². The molecule has 0 aliphatic heterocycles. The number of ether oxygens (including phenoxy) is 2. The molecule has 0 radical (unpaired) electrons. The number of carbonyl (C=O) groups is 2. The predicted molar refractivity (Wildman–Crippen MR) is 83.3 cm³/mol. The Kier molecular flexibility index (Phi) is 6.34. The third-order valence-corrected chi connectivity index (χ3v) is 2.84. The van der Waals surface area contributed by atoms with Crippen LogP contribution in [0.3, 0.4) is 0 Å². The minimum atomic E-state index is -0.522. The molecule has 1 aromatic rings. The van der Waals surface area contributed by atoms with Gasteiger partial charge in [-0.3, -0.25) is 4.79 Å². The van der Waals surface area contributed by atoms with Crippen LogP contribution in [0, 0.1) is 6.92 Å². The zero-order valence-corrected chi connectivity index (χ0v) is 13.9. The van der Waals surface area contributed by atoms with Crippen molar-refractivity contribution in [3.05, 3.63) is 23.4 Å². The molecule has 0 unspecified atom stereocenters. The van der Waals surface area contributed by atoms with Crippen LogP contribution in [-0.2, 0) is 4.74 Å². The van der Waals surface area contributed by atoms with Gasteiger partial charge in [0, 0.05) is 30.8 Å². The summed E-state index contributed by atoms with van der Waals surface area (Å²) in [5.74, 6) is 0.485. The summed E-state index contributed by atoms with van der Waals surface area (Å²) < 4.78 is 10.1. The highest BCUT2D eigenvalue weighted by Gasteiger charge is 2.16. The van der Waals surface area contributed by atoms with E-state index in [9.17, 15) is 9.59 Å². The summed E-state index contributed by atoms with van der Waals surface area (Å²) >= 11 is 0. The van der Waals surface area contributed by atoms with Crippen LogP contribution in [0.4, 0.5) is 4.79 Å². The highest BCUT2D eigenvalue weighted by molar-refractivity contribution is 5.97. The van der Waals surface area contributed by atoms with Crippen molar-refractivity contribution in [2.75, 3.05) is 13.7 Å². The fraction of sp³-hybridized carbons (Fsp3) is 0.562. The molecule has 1 rings (SSSR count). The number of alkyl carbamates (subject to hydrolysis) is 1. The fourth-order valence-corrected chi connectivity index (χ4v) is 1.82. The van der Waals surface area contributed by atoms with Crippen LogP contribution in [0.1, 0.15) is 49.5 Å². The molecule has 1 aromatic heterocycles. The van der Waals surface area contributed by atoms with E-state index in [1.807, 2.05) is 6.92 Å². The summed E-state index contributed by atoms with van der Waals surface area (Å²) in [7, 11) is 1.53.